The number of esters is 1. The monoisotopic (exact) mass is 581 g/mol. The van der Waals surface area contributed by atoms with Gasteiger partial charge in [0, 0.05) is 16.9 Å². The van der Waals surface area contributed by atoms with Gasteiger partial charge in [0.25, 0.3) is 5.91 Å². The number of nitrogens with zero attached hydrogens (tertiary/aromatic N) is 2. The Morgan fingerprint density at radius 1 is 0.818 bits per heavy atom. The molecule has 0 saturated heterocycles. The molecule has 0 aliphatic heterocycles. The lowest BCUT2D eigenvalue weighted by atomic mass is 10.0. The molecule has 0 saturated carbocycles. The van der Waals surface area contributed by atoms with Crippen molar-refractivity contribution in [1.29, 1.82) is 5.26 Å². The lowest BCUT2D eigenvalue weighted by Crippen LogP contribution is -2.13. The van der Waals surface area contributed by atoms with E-state index in [9.17, 15) is 14.9 Å². The predicted molar refractivity (Wildman–Crippen MR) is 172 cm³/mol. The number of anilines is 1. The molecule has 218 valence electrons. The first-order valence-electron chi connectivity index (χ1n) is 14.3. The lowest BCUT2D eigenvalue weighted by Gasteiger charge is -2.15. The second-order valence-electron chi connectivity index (χ2n) is 9.75. The van der Waals surface area contributed by atoms with Crippen LogP contribution in [0.25, 0.3) is 34.3 Å². The van der Waals surface area contributed by atoms with E-state index in [1.165, 1.54) is 0 Å². The molecule has 1 heterocycles. The van der Waals surface area contributed by atoms with E-state index in [4.69, 9.17) is 9.47 Å². The van der Waals surface area contributed by atoms with Gasteiger partial charge in [-0.25, -0.2) is 4.79 Å². The van der Waals surface area contributed by atoms with Gasteiger partial charge in [-0.05, 0) is 85.6 Å². The standard InChI is InChI=1S/C37H31N3O4/c1-3-43-33-21-17-31(18-22-33)39-36(41)30(25-38)23-29-24-34(26-11-7-5-8-12-26)40(35(29)27-13-9-6-10-14-27)32-19-15-28(16-20-32)37(42)44-4-2/h5-24H,3-4H2,1-2H3,(H,39,41)/b30-23+. The number of aromatic nitrogens is 1. The maximum absolute atomic E-state index is 13.3. The second-order valence-corrected chi connectivity index (χ2v) is 9.75. The topological polar surface area (TPSA) is 93.4 Å². The highest BCUT2D eigenvalue weighted by Gasteiger charge is 2.21. The molecule has 0 radical (unpaired) electrons. The van der Waals surface area contributed by atoms with Gasteiger partial charge >= 0.3 is 5.97 Å². The number of nitrogens with one attached hydrogen (secondary N) is 1. The maximum Gasteiger partial charge on any atom is 0.338 e. The largest absolute Gasteiger partial charge is 0.494 e. The van der Waals surface area contributed by atoms with Gasteiger partial charge in [0.15, 0.2) is 0 Å². The number of benzene rings is 4. The van der Waals surface area contributed by atoms with Crippen molar-refractivity contribution in [2.24, 2.45) is 0 Å². The van der Waals surface area contributed by atoms with E-state index < -0.39 is 5.91 Å². The zero-order valence-corrected chi connectivity index (χ0v) is 24.5. The number of carbonyl (C=O) groups is 2. The molecule has 0 bridgehead atoms. The molecule has 1 amide bonds. The van der Waals surface area contributed by atoms with Gasteiger partial charge in [-0.15, -0.1) is 0 Å². The van der Waals surface area contributed by atoms with E-state index in [0.717, 1.165) is 28.2 Å². The molecule has 1 N–H and O–H groups in total. The summed E-state index contributed by atoms with van der Waals surface area (Å²) in [7, 11) is 0. The fourth-order valence-electron chi connectivity index (χ4n) is 4.89. The highest BCUT2D eigenvalue weighted by molar-refractivity contribution is 6.10. The summed E-state index contributed by atoms with van der Waals surface area (Å²) >= 11 is 0. The second kappa shape index (κ2) is 13.9. The summed E-state index contributed by atoms with van der Waals surface area (Å²) in [5.41, 5.74) is 5.89. The number of amides is 1. The molecule has 0 spiro atoms. The molecule has 0 atom stereocenters. The quantitative estimate of drug-likeness (QED) is 0.103. The SMILES string of the molecule is CCOC(=O)c1ccc(-n2c(-c3ccccc3)cc(/C=C(\C#N)C(=O)Nc3ccc(OCC)cc3)c2-c2ccccc2)cc1. The van der Waals surface area contributed by atoms with Crippen LogP contribution in [-0.4, -0.2) is 29.7 Å². The number of nitriles is 1. The Morgan fingerprint density at radius 2 is 1.45 bits per heavy atom. The van der Waals surface area contributed by atoms with E-state index >= 15 is 0 Å². The van der Waals surface area contributed by atoms with Crippen LogP contribution in [-0.2, 0) is 9.53 Å². The van der Waals surface area contributed by atoms with Crippen LogP contribution in [0.4, 0.5) is 5.69 Å². The Bertz CT molecular complexity index is 1820. The van der Waals surface area contributed by atoms with Crippen molar-refractivity contribution in [3.05, 3.63) is 132 Å². The first-order valence-corrected chi connectivity index (χ1v) is 14.3. The maximum atomic E-state index is 13.3. The average molecular weight is 582 g/mol. The zero-order chi connectivity index (χ0) is 30.9. The molecule has 0 aliphatic carbocycles. The van der Waals surface area contributed by atoms with Crippen molar-refractivity contribution in [3.63, 3.8) is 0 Å². The van der Waals surface area contributed by atoms with E-state index in [0.29, 0.717) is 29.2 Å². The normalized spacial score (nSPS) is 11.0. The minimum Gasteiger partial charge on any atom is -0.494 e. The van der Waals surface area contributed by atoms with Gasteiger partial charge in [-0.2, -0.15) is 5.26 Å². The van der Waals surface area contributed by atoms with Crippen molar-refractivity contribution in [1.82, 2.24) is 4.57 Å². The summed E-state index contributed by atoms with van der Waals surface area (Å²) in [5, 5.41) is 12.9. The molecular weight excluding hydrogens is 550 g/mol. The summed E-state index contributed by atoms with van der Waals surface area (Å²) in [6.07, 6.45) is 1.61. The summed E-state index contributed by atoms with van der Waals surface area (Å²) in [5.74, 6) is -0.221. The Hall–Kier alpha value is -5.87. The molecular formula is C37H31N3O4. The fourth-order valence-corrected chi connectivity index (χ4v) is 4.89. The first-order chi connectivity index (χ1) is 21.5. The van der Waals surface area contributed by atoms with E-state index in [-0.39, 0.29) is 18.1 Å². The van der Waals surface area contributed by atoms with Gasteiger partial charge in [0.2, 0.25) is 0 Å². The average Bonchev–Trinajstić information content (AvgIpc) is 3.44. The molecule has 1 aromatic heterocycles. The van der Waals surface area contributed by atoms with Gasteiger partial charge in [-0.3, -0.25) is 4.79 Å². The number of hydrogen-bond donors (Lipinski definition) is 1. The van der Waals surface area contributed by atoms with E-state index in [1.807, 2.05) is 85.8 Å². The summed E-state index contributed by atoms with van der Waals surface area (Å²) < 4.78 is 12.7. The van der Waals surface area contributed by atoms with Crippen LogP contribution in [0.2, 0.25) is 0 Å². The van der Waals surface area contributed by atoms with Crippen LogP contribution in [0, 0.1) is 11.3 Å². The van der Waals surface area contributed by atoms with Gasteiger partial charge in [0.05, 0.1) is 30.2 Å². The minimum absolute atomic E-state index is 0.0505. The van der Waals surface area contributed by atoms with Crippen molar-refractivity contribution in [2.75, 3.05) is 18.5 Å². The first kappa shape index (κ1) is 29.6. The predicted octanol–water partition coefficient (Wildman–Crippen LogP) is 7.93. The third kappa shape index (κ3) is 6.61. The molecule has 4 aromatic carbocycles. The smallest absolute Gasteiger partial charge is 0.338 e. The highest BCUT2D eigenvalue weighted by atomic mass is 16.5. The summed E-state index contributed by atoms with van der Waals surface area (Å²) in [6.45, 7) is 4.50. The number of ether oxygens (including phenoxy) is 2. The van der Waals surface area contributed by atoms with Crippen LogP contribution in [0.1, 0.15) is 29.8 Å². The number of carbonyl (C=O) groups excluding carboxylic acids is 2. The minimum atomic E-state index is -0.525. The van der Waals surface area contributed by atoms with Crippen molar-refractivity contribution in [3.8, 4) is 40.0 Å². The lowest BCUT2D eigenvalue weighted by molar-refractivity contribution is -0.112. The Morgan fingerprint density at radius 3 is 2.05 bits per heavy atom. The van der Waals surface area contributed by atoms with Crippen LogP contribution in [0.3, 0.4) is 0 Å². The number of rotatable bonds is 10. The Labute approximate surface area is 256 Å². The van der Waals surface area contributed by atoms with Crippen molar-refractivity contribution in [2.45, 2.75) is 13.8 Å². The van der Waals surface area contributed by atoms with Crippen molar-refractivity contribution < 1.29 is 19.1 Å². The molecule has 7 heteroatoms. The third-order valence-electron chi connectivity index (χ3n) is 6.87. The summed E-state index contributed by atoms with van der Waals surface area (Å²) in [4.78, 5) is 25.7. The molecule has 44 heavy (non-hydrogen) atoms. The van der Waals surface area contributed by atoms with Crippen molar-refractivity contribution >= 4 is 23.6 Å². The van der Waals surface area contributed by atoms with Gasteiger partial charge in [0.1, 0.15) is 17.4 Å². The van der Waals surface area contributed by atoms with Crippen LogP contribution >= 0.6 is 0 Å². The summed E-state index contributed by atoms with van der Waals surface area (Å²) in [6, 6.07) is 37.9. The van der Waals surface area contributed by atoms with Gasteiger partial charge < -0.3 is 19.4 Å². The highest BCUT2D eigenvalue weighted by Crippen LogP contribution is 2.37. The van der Waals surface area contributed by atoms with Crippen LogP contribution < -0.4 is 10.1 Å². The van der Waals surface area contributed by atoms with Crippen LogP contribution in [0.15, 0.2) is 121 Å². The molecule has 5 rings (SSSR count). The molecule has 5 aromatic rings. The molecule has 0 aliphatic rings. The van der Waals surface area contributed by atoms with E-state index in [1.54, 1.807) is 49.4 Å². The van der Waals surface area contributed by atoms with Crippen LogP contribution in [0.5, 0.6) is 5.75 Å². The molecule has 0 fully saturated rings. The van der Waals surface area contributed by atoms with Gasteiger partial charge in [-0.1, -0.05) is 60.7 Å². The Balaban J connectivity index is 1.64. The third-order valence-corrected chi connectivity index (χ3v) is 6.87. The fraction of sp³-hybridized carbons (Fsp3) is 0.108. The zero-order valence-electron chi connectivity index (χ0n) is 24.5. The molecule has 7 nitrogen and oxygen atoms in total. The van der Waals surface area contributed by atoms with E-state index in [2.05, 4.69) is 16.0 Å². The Kier molecular flexibility index (Phi) is 9.33. The molecule has 0 unspecified atom stereocenters. The number of hydrogen-bond acceptors (Lipinski definition) is 5.